The van der Waals surface area contributed by atoms with Gasteiger partial charge in [0.15, 0.2) is 5.69 Å². The van der Waals surface area contributed by atoms with Gasteiger partial charge in [0.25, 0.3) is 5.91 Å². The molecule has 0 fully saturated rings. The molecule has 0 aliphatic carbocycles. The number of hydrogen-bond donors (Lipinski definition) is 1. The van der Waals surface area contributed by atoms with E-state index in [1.807, 2.05) is 44.2 Å². The lowest BCUT2D eigenvalue weighted by Gasteiger charge is -2.22. The Balaban J connectivity index is 0.00000312. The van der Waals surface area contributed by atoms with Crippen molar-refractivity contribution in [3.63, 3.8) is 0 Å². The molecule has 0 bridgehead atoms. The van der Waals surface area contributed by atoms with Gasteiger partial charge in [0.05, 0.1) is 11.2 Å². The van der Waals surface area contributed by atoms with Crippen LogP contribution in [0, 0.1) is 0 Å². The Morgan fingerprint density at radius 3 is 2.52 bits per heavy atom. The Morgan fingerprint density at radius 1 is 1.24 bits per heavy atom. The van der Waals surface area contributed by atoms with E-state index in [-0.39, 0.29) is 34.9 Å². The maximum Gasteiger partial charge on any atom is 0.274 e. The molecule has 0 unspecified atom stereocenters. The average molecular weight is 383 g/mol. The van der Waals surface area contributed by atoms with Crippen molar-refractivity contribution in [2.75, 3.05) is 19.6 Å². The summed E-state index contributed by atoms with van der Waals surface area (Å²) < 4.78 is 0. The molecule has 7 heteroatoms. The maximum atomic E-state index is 12.8. The van der Waals surface area contributed by atoms with Crippen LogP contribution in [0.25, 0.3) is 0 Å². The lowest BCUT2D eigenvalue weighted by Crippen LogP contribution is -2.37. The van der Waals surface area contributed by atoms with Gasteiger partial charge in [-0.05, 0) is 12.0 Å². The molecule has 1 aromatic carbocycles. The fraction of sp³-hybridized carbons (Fsp3) is 0.389. The predicted molar refractivity (Wildman–Crippen MR) is 103 cm³/mol. The van der Waals surface area contributed by atoms with Gasteiger partial charge in [0.2, 0.25) is 0 Å². The van der Waals surface area contributed by atoms with Crippen molar-refractivity contribution in [3.05, 3.63) is 58.6 Å². The van der Waals surface area contributed by atoms with Gasteiger partial charge in [-0.2, -0.15) is 0 Å². The molecule has 1 aromatic heterocycles. The topological polar surface area (TPSA) is 72.1 Å². The van der Waals surface area contributed by atoms with E-state index in [0.29, 0.717) is 25.5 Å². The molecule has 0 aliphatic rings. The summed E-state index contributed by atoms with van der Waals surface area (Å²) in [4.78, 5) is 23.1. The van der Waals surface area contributed by atoms with E-state index in [1.54, 1.807) is 4.90 Å². The van der Waals surface area contributed by atoms with Crippen LogP contribution in [0.1, 0.15) is 41.6 Å². The molecule has 1 heterocycles. The van der Waals surface area contributed by atoms with Crippen LogP contribution < -0.4 is 5.73 Å². The summed E-state index contributed by atoms with van der Waals surface area (Å²) in [5, 5.41) is 0.270. The third kappa shape index (κ3) is 5.96. The molecule has 2 N–H and O–H groups in total. The van der Waals surface area contributed by atoms with Gasteiger partial charge in [-0.25, -0.2) is 9.97 Å². The van der Waals surface area contributed by atoms with Crippen LogP contribution in [0.2, 0.25) is 5.02 Å². The lowest BCUT2D eigenvalue weighted by atomic mass is 10.1. The van der Waals surface area contributed by atoms with Crippen LogP contribution in [-0.2, 0) is 6.42 Å². The van der Waals surface area contributed by atoms with Crippen molar-refractivity contribution in [2.45, 2.75) is 26.2 Å². The third-order valence-corrected chi connectivity index (χ3v) is 3.96. The van der Waals surface area contributed by atoms with Crippen molar-refractivity contribution in [1.82, 2.24) is 14.9 Å². The fourth-order valence-electron chi connectivity index (χ4n) is 2.34. The van der Waals surface area contributed by atoms with E-state index >= 15 is 0 Å². The van der Waals surface area contributed by atoms with E-state index in [1.165, 1.54) is 11.8 Å². The largest absolute Gasteiger partial charge is 0.336 e. The first-order chi connectivity index (χ1) is 11.5. The molecule has 5 nitrogen and oxygen atoms in total. The minimum absolute atomic E-state index is 0. The molecular formula is C18H24Cl2N4O. The van der Waals surface area contributed by atoms with Crippen molar-refractivity contribution < 1.29 is 4.79 Å². The Kier molecular flexibility index (Phi) is 8.83. The standard InChI is InChI=1S/C18H23ClN4O.ClH/c1-13(2)17-21-12-15(19)16(22-17)18(24)23(11-9-20)10-8-14-6-4-3-5-7-14;/h3-7,12-13H,8-11,20H2,1-2H3;1H. The Hall–Kier alpha value is -1.69. The summed E-state index contributed by atoms with van der Waals surface area (Å²) in [6.07, 6.45) is 2.25. The number of hydrogen-bond acceptors (Lipinski definition) is 4. The highest BCUT2D eigenvalue weighted by Gasteiger charge is 2.21. The summed E-state index contributed by atoms with van der Waals surface area (Å²) in [5.41, 5.74) is 7.09. The first-order valence-electron chi connectivity index (χ1n) is 8.08. The van der Waals surface area contributed by atoms with Gasteiger partial charge in [0.1, 0.15) is 5.82 Å². The van der Waals surface area contributed by atoms with Crippen LogP contribution in [0.5, 0.6) is 0 Å². The van der Waals surface area contributed by atoms with E-state index in [9.17, 15) is 4.79 Å². The highest BCUT2D eigenvalue weighted by atomic mass is 35.5. The SMILES string of the molecule is CC(C)c1ncc(Cl)c(C(=O)N(CCN)CCc2ccccc2)n1.Cl. The number of nitrogens with two attached hydrogens (primary N) is 1. The second-order valence-electron chi connectivity index (χ2n) is 5.90. The molecule has 0 saturated heterocycles. The fourth-order valence-corrected chi connectivity index (χ4v) is 2.51. The molecule has 1 amide bonds. The van der Waals surface area contributed by atoms with Gasteiger partial charge in [-0.15, -0.1) is 12.4 Å². The van der Waals surface area contributed by atoms with Gasteiger partial charge < -0.3 is 10.6 Å². The minimum Gasteiger partial charge on any atom is -0.336 e. The van der Waals surface area contributed by atoms with Crippen molar-refractivity contribution in [3.8, 4) is 0 Å². The molecule has 0 atom stereocenters. The number of carbonyl (C=O) groups is 1. The van der Waals surface area contributed by atoms with E-state index in [2.05, 4.69) is 9.97 Å². The van der Waals surface area contributed by atoms with Crippen LogP contribution in [0.3, 0.4) is 0 Å². The van der Waals surface area contributed by atoms with Gasteiger partial charge in [-0.1, -0.05) is 55.8 Å². The number of rotatable bonds is 7. The van der Waals surface area contributed by atoms with Crippen LogP contribution >= 0.6 is 24.0 Å². The molecule has 25 heavy (non-hydrogen) atoms. The molecule has 0 radical (unpaired) electrons. The zero-order chi connectivity index (χ0) is 17.5. The second-order valence-corrected chi connectivity index (χ2v) is 6.30. The highest BCUT2D eigenvalue weighted by molar-refractivity contribution is 6.33. The number of aromatic nitrogens is 2. The van der Waals surface area contributed by atoms with Crippen LogP contribution in [-0.4, -0.2) is 40.4 Å². The Bertz CT molecular complexity index is 680. The summed E-state index contributed by atoms with van der Waals surface area (Å²) >= 11 is 6.15. The maximum absolute atomic E-state index is 12.8. The number of amides is 1. The van der Waals surface area contributed by atoms with Crippen molar-refractivity contribution in [1.29, 1.82) is 0 Å². The van der Waals surface area contributed by atoms with Crippen molar-refractivity contribution >= 4 is 29.9 Å². The van der Waals surface area contributed by atoms with Crippen LogP contribution in [0.15, 0.2) is 36.5 Å². The molecular weight excluding hydrogens is 359 g/mol. The first kappa shape index (κ1) is 21.4. The Labute approximate surface area is 160 Å². The molecule has 0 spiro atoms. The summed E-state index contributed by atoms with van der Waals surface area (Å²) in [6.45, 7) is 5.37. The number of benzene rings is 1. The average Bonchev–Trinajstić information content (AvgIpc) is 2.59. The van der Waals surface area contributed by atoms with E-state index in [0.717, 1.165) is 6.42 Å². The number of nitrogens with zero attached hydrogens (tertiary/aromatic N) is 3. The van der Waals surface area contributed by atoms with Crippen molar-refractivity contribution in [2.24, 2.45) is 5.73 Å². The number of carbonyl (C=O) groups excluding carboxylic acids is 1. The first-order valence-corrected chi connectivity index (χ1v) is 8.46. The molecule has 2 rings (SSSR count). The monoisotopic (exact) mass is 382 g/mol. The van der Waals surface area contributed by atoms with E-state index in [4.69, 9.17) is 17.3 Å². The number of halogens is 2. The smallest absolute Gasteiger partial charge is 0.274 e. The van der Waals surface area contributed by atoms with Crippen LogP contribution in [0.4, 0.5) is 0 Å². The molecule has 2 aromatic rings. The highest BCUT2D eigenvalue weighted by Crippen LogP contribution is 2.18. The normalized spacial score (nSPS) is 10.4. The quantitative estimate of drug-likeness (QED) is 0.796. The molecule has 136 valence electrons. The predicted octanol–water partition coefficient (Wildman–Crippen LogP) is 3.32. The minimum atomic E-state index is -0.203. The summed E-state index contributed by atoms with van der Waals surface area (Å²) in [6, 6.07) is 10.0. The van der Waals surface area contributed by atoms with Gasteiger partial charge in [-0.3, -0.25) is 4.79 Å². The van der Waals surface area contributed by atoms with E-state index < -0.39 is 0 Å². The zero-order valence-corrected chi connectivity index (χ0v) is 16.1. The lowest BCUT2D eigenvalue weighted by molar-refractivity contribution is 0.0756. The molecule has 0 saturated carbocycles. The Morgan fingerprint density at radius 2 is 1.92 bits per heavy atom. The second kappa shape index (κ2) is 10.3. The zero-order valence-electron chi connectivity index (χ0n) is 14.5. The summed E-state index contributed by atoms with van der Waals surface area (Å²) in [7, 11) is 0. The van der Waals surface area contributed by atoms with Gasteiger partial charge in [0, 0.05) is 25.6 Å². The summed E-state index contributed by atoms with van der Waals surface area (Å²) in [5.74, 6) is 0.533. The molecule has 0 aliphatic heterocycles. The third-order valence-electron chi connectivity index (χ3n) is 3.68. The van der Waals surface area contributed by atoms with Gasteiger partial charge >= 0.3 is 0 Å².